The minimum atomic E-state index is -0.987. The van der Waals surface area contributed by atoms with E-state index in [1.165, 1.54) is 52.8 Å². The number of imide groups is 3. The third kappa shape index (κ3) is 18.0. The molecule has 28 heteroatoms. The molecule has 137 heavy (non-hydrogen) atoms. The number of rotatable bonds is 16. The second-order valence-corrected chi connectivity index (χ2v) is 39.3. The van der Waals surface area contributed by atoms with E-state index in [0.717, 1.165) is 181 Å². The molecule has 3 unspecified atom stereocenters. The lowest BCUT2D eigenvalue weighted by atomic mass is 9.95. The van der Waals surface area contributed by atoms with Gasteiger partial charge in [-0.15, -0.1) is 0 Å². The molecule has 3 saturated carbocycles. The molecule has 696 valence electrons. The van der Waals surface area contributed by atoms with Gasteiger partial charge in [-0.1, -0.05) is 127 Å². The van der Waals surface area contributed by atoms with E-state index in [0.29, 0.717) is 78.7 Å². The molecule has 3 spiro atoms. The predicted octanol–water partition coefficient (Wildman–Crippen LogP) is 14.8. The van der Waals surface area contributed by atoms with E-state index in [9.17, 15) is 61.1 Å². The average molecular weight is 1840 g/mol. The standard InChI is InChI=1S/C37H32FN5O3.C35H38N4O5.C30H30N4O3.C7H3F2N/c38-29-19-25(20-39)8-10-30(29)41-16-17-42(37(22-41)14-15-37)21-24-6-4-23(5-7-24)18-26-9-11-31-34-27(26)2-1-3-28(34)36(46)43(31)32-12-13-33(44)40-35(32)45;1-34(2,3)44-33(43)37-17-18-38(35(21-37)15-16-35)20-23-9-7-22(8-10-23)19-24-11-12-27-30-25(24)5-4-6-26(30)32(42)39(27)28-13-14-29(40)36-31(28)41;35-26-11-10-25(28(36)32-26)34-24-9-8-21(22-2-1-3-23(27(22)24)29(34)37)16-19-4-6-20(7-5-19)17-33-15-14-31-18-30(33)12-13-30;8-6-2-1-5(4-10)3-7(6)9/h1-11,19,32H,12-18,21-22H2,(H,40,44,45);4-12,28H,13-21H2,1-3H3,(H,36,40,41);1-9,25,31H,10-18H2,(H,32,35,36);1-3H. The molecule has 6 saturated heterocycles. The van der Waals surface area contributed by atoms with Crippen LogP contribution in [0.2, 0.25) is 0 Å². The maximum Gasteiger partial charge on any atom is 0.410 e. The van der Waals surface area contributed by atoms with E-state index in [4.69, 9.17) is 15.3 Å². The number of piperazine rings is 3. The minimum absolute atomic E-state index is 0.0532. The smallest absolute Gasteiger partial charge is 0.410 e. The van der Waals surface area contributed by atoms with Crippen molar-refractivity contribution in [2.24, 2.45) is 0 Å². The van der Waals surface area contributed by atoms with Gasteiger partial charge in [0.1, 0.15) is 29.5 Å². The Hall–Kier alpha value is -14.3. The second kappa shape index (κ2) is 36.4. The quantitative estimate of drug-likeness (QED) is 0.0653. The van der Waals surface area contributed by atoms with Crippen LogP contribution in [-0.2, 0) is 72.4 Å². The van der Waals surface area contributed by atoms with Crippen LogP contribution in [0, 0.1) is 40.1 Å². The van der Waals surface area contributed by atoms with Gasteiger partial charge in [0.2, 0.25) is 35.4 Å². The summed E-state index contributed by atoms with van der Waals surface area (Å²) in [6.45, 7) is 16.3. The lowest BCUT2D eigenvalue weighted by Gasteiger charge is -2.43. The number of nitriles is 2. The molecule has 9 fully saturated rings. The molecule has 25 nitrogen and oxygen atoms in total. The summed E-state index contributed by atoms with van der Waals surface area (Å²) in [6, 6.07) is 65.1. The molecule has 3 atom stereocenters. The van der Waals surface area contributed by atoms with Crippen molar-refractivity contribution in [3.8, 4) is 12.1 Å². The Morgan fingerprint density at radius 3 is 1.15 bits per heavy atom. The fraction of sp³-hybridized carbons (Fsp3) is 0.339. The molecular formula is C109H103F3N14O11. The number of hydrogen-bond acceptors (Lipinski definition) is 18. The highest BCUT2D eigenvalue weighted by molar-refractivity contribution is 6.30. The lowest BCUT2D eigenvalue weighted by Crippen LogP contribution is -2.56. The maximum atomic E-state index is 14.7. The molecule has 10 amide bonds. The summed E-state index contributed by atoms with van der Waals surface area (Å²) in [5.41, 5.74) is 15.9. The number of ether oxygens (including phenoxy) is 1. The highest BCUT2D eigenvalue weighted by atomic mass is 19.2. The van der Waals surface area contributed by atoms with Gasteiger partial charge in [-0.05, 0) is 237 Å². The highest BCUT2D eigenvalue weighted by Gasteiger charge is 2.55. The number of piperidine rings is 3. The fourth-order valence-electron chi connectivity index (χ4n) is 21.6. The number of halogens is 3. The predicted molar refractivity (Wildman–Crippen MR) is 511 cm³/mol. The topological polar surface area (TPSA) is 302 Å². The van der Waals surface area contributed by atoms with Crippen LogP contribution in [-0.4, -0.2) is 178 Å². The van der Waals surface area contributed by atoms with Crippen LogP contribution in [0.5, 0.6) is 0 Å². The molecule has 4 N–H and O–H groups in total. The van der Waals surface area contributed by atoms with Crippen LogP contribution in [0.25, 0.3) is 32.3 Å². The molecule has 9 heterocycles. The summed E-state index contributed by atoms with van der Waals surface area (Å²) >= 11 is 0. The number of nitrogens with zero attached hydrogens (tertiary/aromatic N) is 10. The first kappa shape index (κ1) is 90.5. The summed E-state index contributed by atoms with van der Waals surface area (Å²) in [7, 11) is 0. The summed E-state index contributed by atoms with van der Waals surface area (Å²) in [4.78, 5) is 142. The van der Waals surface area contributed by atoms with Gasteiger partial charge in [-0.2, -0.15) is 10.5 Å². The minimum Gasteiger partial charge on any atom is -0.444 e. The van der Waals surface area contributed by atoms with Crippen molar-refractivity contribution in [1.82, 2.24) is 40.9 Å². The Balaban J connectivity index is 0.000000121. The average Bonchev–Trinajstić information content (AvgIpc) is 1.58. The lowest BCUT2D eigenvalue weighted by molar-refractivity contribution is -0.135. The van der Waals surface area contributed by atoms with Gasteiger partial charge in [-0.3, -0.25) is 88.5 Å². The van der Waals surface area contributed by atoms with E-state index < -0.39 is 53.1 Å². The molecule has 12 aliphatic rings. The van der Waals surface area contributed by atoms with Crippen molar-refractivity contribution in [2.45, 2.75) is 177 Å². The molecule has 0 aromatic heterocycles. The molecule has 11 aromatic rings. The molecule has 11 aromatic carbocycles. The van der Waals surface area contributed by atoms with Gasteiger partial charge >= 0.3 is 6.09 Å². The molecule has 23 rings (SSSR count). The number of anilines is 4. The van der Waals surface area contributed by atoms with Crippen molar-refractivity contribution >= 4 is 114 Å². The molecule has 0 bridgehead atoms. The highest BCUT2D eigenvalue weighted by Crippen LogP contribution is 2.51. The number of amides is 10. The summed E-state index contributed by atoms with van der Waals surface area (Å²) in [5.74, 6) is -4.94. The number of hydrogen-bond donors (Lipinski definition) is 4. The second-order valence-electron chi connectivity index (χ2n) is 39.3. The third-order valence-electron chi connectivity index (χ3n) is 29.3. The van der Waals surface area contributed by atoms with Crippen LogP contribution in [0.15, 0.2) is 200 Å². The SMILES string of the molecule is CC(C)(C)OC(=O)N1CCN(Cc2ccc(Cc3ccc4c5c(cccc35)C(=O)N4C3CCC(=O)NC3=O)cc2)C2(CC2)C1.N#Cc1ccc(F)c(F)c1.N#Cc1ccc(N2CCN(Cc3ccc(Cc4ccc5c6c(cccc46)C(=O)N5C4CCC(=O)NC4=O)cc3)C3(CC3)C2)c(F)c1.O=C1CCC(N2C(=O)c3cccc4c(Cc5ccc(CN6CCNCC67CC7)cc5)ccc2c34)C(=O)N1. The van der Waals surface area contributed by atoms with Crippen LogP contribution in [0.3, 0.4) is 0 Å². The number of carbonyl (C=O) groups excluding carboxylic acids is 10. The van der Waals surface area contributed by atoms with Gasteiger partial charge in [0.05, 0.1) is 46.0 Å². The monoisotopic (exact) mass is 1840 g/mol. The third-order valence-corrected chi connectivity index (χ3v) is 29.3. The molecular weight excluding hydrogens is 1740 g/mol. The maximum absolute atomic E-state index is 14.7. The van der Waals surface area contributed by atoms with E-state index in [1.807, 2.05) is 111 Å². The van der Waals surface area contributed by atoms with Crippen molar-refractivity contribution in [3.05, 3.63) is 296 Å². The van der Waals surface area contributed by atoms with Crippen LogP contribution in [0.1, 0.15) is 190 Å². The first-order valence-corrected chi connectivity index (χ1v) is 47.2. The molecule has 3 aliphatic carbocycles. The van der Waals surface area contributed by atoms with Crippen molar-refractivity contribution in [2.75, 3.05) is 78.5 Å². The summed E-state index contributed by atoms with van der Waals surface area (Å²) in [5, 5.41) is 33.7. The van der Waals surface area contributed by atoms with Crippen molar-refractivity contribution < 1.29 is 65.9 Å². The zero-order chi connectivity index (χ0) is 95.1. The Morgan fingerprint density at radius 1 is 0.409 bits per heavy atom. The summed E-state index contributed by atoms with van der Waals surface area (Å²) < 4.78 is 44.8. The Morgan fingerprint density at radius 2 is 0.774 bits per heavy atom. The van der Waals surface area contributed by atoms with E-state index >= 15 is 0 Å². The Bertz CT molecular complexity index is 6920. The van der Waals surface area contributed by atoms with Gasteiger partial charge in [0, 0.05) is 147 Å². The Labute approximate surface area is 790 Å². The van der Waals surface area contributed by atoms with E-state index in [1.54, 1.807) is 32.9 Å². The van der Waals surface area contributed by atoms with Crippen LogP contribution < -0.4 is 40.9 Å². The summed E-state index contributed by atoms with van der Waals surface area (Å²) in [6.07, 6.45) is 10.6. The first-order valence-electron chi connectivity index (χ1n) is 47.2. The first-order chi connectivity index (χ1) is 66.1. The zero-order valence-electron chi connectivity index (χ0n) is 76.5. The van der Waals surface area contributed by atoms with Gasteiger partial charge in [-0.25, -0.2) is 18.0 Å². The fourth-order valence-corrected chi connectivity index (χ4v) is 21.6. The van der Waals surface area contributed by atoms with E-state index in [2.05, 4.69) is 126 Å². The number of nitrogens with one attached hydrogen (secondary N) is 4. The van der Waals surface area contributed by atoms with Gasteiger partial charge in [0.15, 0.2) is 11.6 Å². The van der Waals surface area contributed by atoms with E-state index in [-0.39, 0.29) is 83.3 Å². The van der Waals surface area contributed by atoms with Crippen molar-refractivity contribution in [3.63, 3.8) is 0 Å². The van der Waals surface area contributed by atoms with Gasteiger partial charge in [0.25, 0.3) is 17.7 Å². The van der Waals surface area contributed by atoms with Crippen molar-refractivity contribution in [1.29, 1.82) is 10.5 Å². The van der Waals surface area contributed by atoms with Crippen LogP contribution in [0.4, 0.5) is 40.7 Å². The van der Waals surface area contributed by atoms with Gasteiger partial charge < -0.3 is 19.9 Å². The molecule has 0 radical (unpaired) electrons. The normalized spacial score (nSPS) is 20.4. The Kier molecular flexibility index (Phi) is 24.1. The molecule has 9 aliphatic heterocycles. The largest absolute Gasteiger partial charge is 0.444 e. The zero-order valence-corrected chi connectivity index (χ0v) is 76.5. The van der Waals surface area contributed by atoms with Crippen LogP contribution >= 0.6 is 0 Å². The number of carbonyl (C=O) groups is 10. The number of benzene rings is 11.